The zero-order valence-corrected chi connectivity index (χ0v) is 8.22. The van der Waals surface area contributed by atoms with E-state index in [9.17, 15) is 0 Å². The summed E-state index contributed by atoms with van der Waals surface area (Å²) in [5.41, 5.74) is 5.14. The van der Waals surface area contributed by atoms with E-state index in [4.69, 9.17) is 0 Å². The van der Waals surface area contributed by atoms with E-state index in [1.807, 2.05) is 0 Å². The number of hydrogen-bond acceptors (Lipinski definition) is 1. The van der Waals surface area contributed by atoms with Crippen molar-refractivity contribution in [1.29, 1.82) is 0 Å². The van der Waals surface area contributed by atoms with Crippen molar-refractivity contribution in [3.8, 4) is 0 Å². The van der Waals surface area contributed by atoms with Crippen LogP contribution < -0.4 is 5.32 Å². The summed E-state index contributed by atoms with van der Waals surface area (Å²) in [5.74, 6) is 0.610. The molecule has 0 spiro atoms. The van der Waals surface area contributed by atoms with E-state index in [1.165, 1.54) is 16.8 Å². The molecule has 0 radical (unpaired) electrons. The van der Waals surface area contributed by atoms with E-state index >= 15 is 0 Å². The SMILES string of the molecule is C=C1Cc2cc(C(C)C)ccc2N1. The Morgan fingerprint density at radius 1 is 1.38 bits per heavy atom. The molecule has 1 aromatic carbocycles. The molecule has 0 bridgehead atoms. The van der Waals surface area contributed by atoms with Gasteiger partial charge in [0.25, 0.3) is 0 Å². The molecule has 1 nitrogen and oxygen atoms in total. The van der Waals surface area contributed by atoms with Crippen LogP contribution in [0.25, 0.3) is 0 Å². The minimum Gasteiger partial charge on any atom is -0.359 e. The number of allylic oxidation sites excluding steroid dienone is 1. The van der Waals surface area contributed by atoms with E-state index in [0.717, 1.165) is 12.1 Å². The molecule has 1 aromatic rings. The molecular weight excluding hydrogens is 158 g/mol. The van der Waals surface area contributed by atoms with E-state index in [-0.39, 0.29) is 0 Å². The Morgan fingerprint density at radius 2 is 2.15 bits per heavy atom. The largest absolute Gasteiger partial charge is 0.359 e. The summed E-state index contributed by atoms with van der Waals surface area (Å²) in [6.45, 7) is 8.37. The zero-order chi connectivity index (χ0) is 9.42. The first-order valence-corrected chi connectivity index (χ1v) is 4.74. The maximum Gasteiger partial charge on any atom is 0.0418 e. The zero-order valence-electron chi connectivity index (χ0n) is 8.22. The van der Waals surface area contributed by atoms with Crippen LogP contribution in [0.2, 0.25) is 0 Å². The number of nitrogens with one attached hydrogen (secondary N) is 1. The highest BCUT2D eigenvalue weighted by atomic mass is 14.9. The summed E-state index contributed by atoms with van der Waals surface area (Å²) >= 11 is 0. The van der Waals surface area contributed by atoms with Gasteiger partial charge in [-0.15, -0.1) is 0 Å². The molecule has 0 aliphatic carbocycles. The third-order valence-electron chi connectivity index (χ3n) is 2.51. The van der Waals surface area contributed by atoms with Crippen LogP contribution in [-0.4, -0.2) is 0 Å². The van der Waals surface area contributed by atoms with Gasteiger partial charge in [0.15, 0.2) is 0 Å². The third-order valence-corrected chi connectivity index (χ3v) is 2.51. The first kappa shape index (κ1) is 8.36. The average Bonchev–Trinajstić information content (AvgIpc) is 2.42. The van der Waals surface area contributed by atoms with Crippen LogP contribution in [0, 0.1) is 0 Å². The van der Waals surface area contributed by atoms with Gasteiger partial charge in [-0.05, 0) is 23.1 Å². The van der Waals surface area contributed by atoms with Crippen molar-refractivity contribution in [1.82, 2.24) is 0 Å². The minimum atomic E-state index is 0.610. The molecule has 0 aromatic heterocycles. The Morgan fingerprint density at radius 3 is 2.85 bits per heavy atom. The first-order chi connectivity index (χ1) is 6.16. The smallest absolute Gasteiger partial charge is 0.0418 e. The molecule has 0 fully saturated rings. The van der Waals surface area contributed by atoms with Crippen LogP contribution in [0.15, 0.2) is 30.5 Å². The quantitative estimate of drug-likeness (QED) is 0.687. The van der Waals surface area contributed by atoms with Gasteiger partial charge in [-0.25, -0.2) is 0 Å². The highest BCUT2D eigenvalue weighted by Gasteiger charge is 2.13. The lowest BCUT2D eigenvalue weighted by molar-refractivity contribution is 0.865. The predicted molar refractivity (Wildman–Crippen MR) is 57.0 cm³/mol. The van der Waals surface area contributed by atoms with Gasteiger partial charge in [0.05, 0.1) is 0 Å². The molecule has 0 saturated heterocycles. The Bertz CT molecular complexity index is 350. The maximum atomic E-state index is 3.93. The summed E-state index contributed by atoms with van der Waals surface area (Å²) in [6, 6.07) is 6.63. The molecule has 1 heterocycles. The van der Waals surface area contributed by atoms with Gasteiger partial charge < -0.3 is 5.32 Å². The Hall–Kier alpha value is -1.24. The molecule has 68 valence electrons. The predicted octanol–water partition coefficient (Wildman–Crippen LogP) is 3.29. The average molecular weight is 173 g/mol. The van der Waals surface area contributed by atoms with Crippen LogP contribution >= 0.6 is 0 Å². The number of hydrogen-bond donors (Lipinski definition) is 1. The highest BCUT2D eigenvalue weighted by Crippen LogP contribution is 2.29. The molecule has 0 unspecified atom stereocenters. The van der Waals surface area contributed by atoms with E-state index in [0.29, 0.717) is 5.92 Å². The summed E-state index contributed by atoms with van der Waals surface area (Å²) in [5, 5.41) is 3.27. The van der Waals surface area contributed by atoms with Gasteiger partial charge in [-0.1, -0.05) is 32.6 Å². The molecule has 0 amide bonds. The summed E-state index contributed by atoms with van der Waals surface area (Å²) in [4.78, 5) is 0. The lowest BCUT2D eigenvalue weighted by Gasteiger charge is -2.06. The van der Waals surface area contributed by atoms with Crippen LogP contribution in [0.3, 0.4) is 0 Å². The van der Waals surface area contributed by atoms with Crippen molar-refractivity contribution in [2.75, 3.05) is 5.32 Å². The Kier molecular flexibility index (Phi) is 1.87. The molecule has 0 atom stereocenters. The van der Waals surface area contributed by atoms with Crippen LogP contribution in [0.5, 0.6) is 0 Å². The maximum absolute atomic E-state index is 3.93. The molecule has 1 aliphatic rings. The van der Waals surface area contributed by atoms with Gasteiger partial charge in [-0.3, -0.25) is 0 Å². The van der Waals surface area contributed by atoms with Gasteiger partial charge in [0.1, 0.15) is 0 Å². The number of anilines is 1. The molecule has 0 saturated carbocycles. The van der Waals surface area contributed by atoms with E-state index in [1.54, 1.807) is 0 Å². The van der Waals surface area contributed by atoms with Crippen LogP contribution in [0.1, 0.15) is 30.9 Å². The van der Waals surface area contributed by atoms with Gasteiger partial charge in [-0.2, -0.15) is 0 Å². The minimum absolute atomic E-state index is 0.610. The Balaban J connectivity index is 2.40. The number of rotatable bonds is 1. The molecule has 1 heteroatoms. The monoisotopic (exact) mass is 173 g/mol. The molecule has 1 aliphatic heterocycles. The van der Waals surface area contributed by atoms with Crippen molar-refractivity contribution in [3.05, 3.63) is 41.6 Å². The summed E-state index contributed by atoms with van der Waals surface area (Å²) in [7, 11) is 0. The summed E-state index contributed by atoms with van der Waals surface area (Å²) < 4.78 is 0. The van der Waals surface area contributed by atoms with Crippen molar-refractivity contribution < 1.29 is 0 Å². The fourth-order valence-corrected chi connectivity index (χ4v) is 1.71. The number of fused-ring (bicyclic) bond motifs is 1. The fourth-order valence-electron chi connectivity index (χ4n) is 1.71. The van der Waals surface area contributed by atoms with Gasteiger partial charge in [0, 0.05) is 17.8 Å². The van der Waals surface area contributed by atoms with Gasteiger partial charge in [0.2, 0.25) is 0 Å². The second-order valence-electron chi connectivity index (χ2n) is 3.98. The highest BCUT2D eigenvalue weighted by molar-refractivity contribution is 5.62. The fraction of sp³-hybridized carbons (Fsp3) is 0.333. The topological polar surface area (TPSA) is 12.0 Å². The second kappa shape index (κ2) is 2.91. The van der Waals surface area contributed by atoms with Gasteiger partial charge >= 0.3 is 0 Å². The summed E-state index contributed by atoms with van der Waals surface area (Å²) in [6.07, 6.45) is 0.982. The van der Waals surface area contributed by atoms with Crippen LogP contribution in [0.4, 0.5) is 5.69 Å². The normalized spacial score (nSPS) is 14.5. The molecule has 1 N–H and O–H groups in total. The number of benzene rings is 1. The van der Waals surface area contributed by atoms with Crippen molar-refractivity contribution >= 4 is 5.69 Å². The molecule has 2 rings (SSSR count). The molecule has 13 heavy (non-hydrogen) atoms. The molecular formula is C12H15N. The standard InChI is InChI=1S/C12H15N/c1-8(2)10-4-5-12-11(7-10)6-9(3)13-12/h4-5,7-8,13H,3,6H2,1-2H3. The van der Waals surface area contributed by atoms with E-state index < -0.39 is 0 Å². The first-order valence-electron chi connectivity index (χ1n) is 4.74. The van der Waals surface area contributed by atoms with Crippen molar-refractivity contribution in [2.24, 2.45) is 0 Å². The van der Waals surface area contributed by atoms with Crippen molar-refractivity contribution in [2.45, 2.75) is 26.2 Å². The van der Waals surface area contributed by atoms with E-state index in [2.05, 4.69) is 43.9 Å². The lowest BCUT2D eigenvalue weighted by atomic mass is 10.00. The van der Waals surface area contributed by atoms with Crippen molar-refractivity contribution in [3.63, 3.8) is 0 Å². The lowest BCUT2D eigenvalue weighted by Crippen LogP contribution is -1.89. The third kappa shape index (κ3) is 1.46. The van der Waals surface area contributed by atoms with Crippen LogP contribution in [-0.2, 0) is 6.42 Å². The Labute approximate surface area is 79.5 Å². The second-order valence-corrected chi connectivity index (χ2v) is 3.98.